The third-order valence-corrected chi connectivity index (χ3v) is 4.06. The van der Waals surface area contributed by atoms with Gasteiger partial charge in [-0.1, -0.05) is 0 Å². The molecule has 0 saturated heterocycles. The number of hydrogen-bond donors (Lipinski definition) is 1. The standard InChI is InChI=1S/C13H9F6NOS/c1-6-10(5-21)22-11(20-6)7-2-8(12(14,15)16)4-9(3-7)13(17,18)19/h2-4,21H,5H2,1H3. The number of nitrogens with zero attached hydrogens (tertiary/aromatic N) is 1. The molecule has 0 amide bonds. The predicted molar refractivity (Wildman–Crippen MR) is 68.2 cm³/mol. The van der Waals surface area contributed by atoms with Crippen LogP contribution in [0.2, 0.25) is 0 Å². The summed E-state index contributed by atoms with van der Waals surface area (Å²) < 4.78 is 76.7. The van der Waals surface area contributed by atoms with Gasteiger partial charge in [0.15, 0.2) is 0 Å². The zero-order valence-electron chi connectivity index (χ0n) is 11.0. The molecule has 1 aromatic heterocycles. The quantitative estimate of drug-likeness (QED) is 0.807. The summed E-state index contributed by atoms with van der Waals surface area (Å²) in [6.07, 6.45) is -9.80. The van der Waals surface area contributed by atoms with E-state index >= 15 is 0 Å². The molecule has 0 unspecified atom stereocenters. The van der Waals surface area contributed by atoms with Crippen LogP contribution in [0.4, 0.5) is 26.3 Å². The highest BCUT2D eigenvalue weighted by Crippen LogP contribution is 2.39. The average Bonchev–Trinajstić information content (AvgIpc) is 2.77. The van der Waals surface area contributed by atoms with Gasteiger partial charge in [-0.3, -0.25) is 0 Å². The van der Waals surface area contributed by atoms with Crippen molar-refractivity contribution in [1.29, 1.82) is 0 Å². The maximum Gasteiger partial charge on any atom is 0.416 e. The summed E-state index contributed by atoms with van der Waals surface area (Å²) in [7, 11) is 0. The molecule has 0 spiro atoms. The van der Waals surface area contributed by atoms with Crippen LogP contribution in [0.3, 0.4) is 0 Å². The maximum absolute atomic E-state index is 12.8. The number of halogens is 6. The molecule has 0 fully saturated rings. The first-order valence-electron chi connectivity index (χ1n) is 5.89. The number of rotatable bonds is 2. The molecular weight excluding hydrogens is 332 g/mol. The van der Waals surface area contributed by atoms with E-state index in [1.807, 2.05) is 0 Å². The third-order valence-electron chi connectivity index (χ3n) is 2.87. The minimum Gasteiger partial charge on any atom is -0.391 e. The van der Waals surface area contributed by atoms with Gasteiger partial charge in [0.1, 0.15) is 5.01 Å². The third kappa shape index (κ3) is 3.41. The van der Waals surface area contributed by atoms with E-state index in [-0.39, 0.29) is 23.2 Å². The maximum atomic E-state index is 12.8. The van der Waals surface area contributed by atoms with Crippen molar-refractivity contribution in [3.63, 3.8) is 0 Å². The van der Waals surface area contributed by atoms with Crippen molar-refractivity contribution in [3.05, 3.63) is 39.9 Å². The molecule has 0 saturated carbocycles. The lowest BCUT2D eigenvalue weighted by Crippen LogP contribution is -2.11. The van der Waals surface area contributed by atoms with Crippen LogP contribution >= 0.6 is 11.3 Å². The average molecular weight is 341 g/mol. The highest BCUT2D eigenvalue weighted by molar-refractivity contribution is 7.15. The molecule has 2 rings (SSSR count). The molecule has 0 radical (unpaired) electrons. The van der Waals surface area contributed by atoms with E-state index in [4.69, 9.17) is 5.11 Å². The number of aromatic nitrogens is 1. The number of thiazole rings is 1. The van der Waals surface area contributed by atoms with Gasteiger partial charge in [0.2, 0.25) is 0 Å². The smallest absolute Gasteiger partial charge is 0.391 e. The Hall–Kier alpha value is -1.61. The van der Waals surface area contributed by atoms with Crippen LogP contribution in [0.5, 0.6) is 0 Å². The van der Waals surface area contributed by atoms with E-state index in [0.717, 1.165) is 11.3 Å². The highest BCUT2D eigenvalue weighted by Gasteiger charge is 2.37. The summed E-state index contributed by atoms with van der Waals surface area (Å²) in [5.74, 6) is 0. The SMILES string of the molecule is Cc1nc(-c2cc(C(F)(F)F)cc(C(F)(F)F)c2)sc1CO. The fourth-order valence-electron chi connectivity index (χ4n) is 1.78. The van der Waals surface area contributed by atoms with E-state index in [1.54, 1.807) is 0 Å². The lowest BCUT2D eigenvalue weighted by atomic mass is 10.1. The molecule has 0 bridgehead atoms. The van der Waals surface area contributed by atoms with Crippen LogP contribution in [-0.4, -0.2) is 10.1 Å². The van der Waals surface area contributed by atoms with Crippen LogP contribution in [0.15, 0.2) is 18.2 Å². The Morgan fingerprint density at radius 2 is 1.50 bits per heavy atom. The van der Waals surface area contributed by atoms with Gasteiger partial charge < -0.3 is 5.11 Å². The van der Waals surface area contributed by atoms with E-state index in [9.17, 15) is 26.3 Å². The first-order valence-corrected chi connectivity index (χ1v) is 6.71. The van der Waals surface area contributed by atoms with Gasteiger partial charge >= 0.3 is 12.4 Å². The Balaban J connectivity index is 2.64. The Labute approximate surface area is 125 Å². The number of alkyl halides is 6. The Bertz CT molecular complexity index is 657. The molecule has 9 heteroatoms. The van der Waals surface area contributed by atoms with Crippen LogP contribution in [-0.2, 0) is 19.0 Å². The van der Waals surface area contributed by atoms with Crippen molar-refractivity contribution in [2.75, 3.05) is 0 Å². The number of aliphatic hydroxyl groups is 1. The van der Waals surface area contributed by atoms with Gasteiger partial charge in [-0.2, -0.15) is 26.3 Å². The van der Waals surface area contributed by atoms with Crippen LogP contribution < -0.4 is 0 Å². The second-order valence-corrected chi connectivity index (χ2v) is 5.56. The topological polar surface area (TPSA) is 33.1 Å². The number of aliphatic hydroxyl groups excluding tert-OH is 1. The molecule has 0 atom stereocenters. The molecule has 2 nitrogen and oxygen atoms in total. The lowest BCUT2D eigenvalue weighted by Gasteiger charge is -2.13. The number of hydrogen-bond acceptors (Lipinski definition) is 3. The normalized spacial score (nSPS) is 12.7. The zero-order chi connectivity index (χ0) is 16.7. The van der Waals surface area contributed by atoms with Gasteiger partial charge in [-0.25, -0.2) is 4.98 Å². The van der Waals surface area contributed by atoms with E-state index in [0.29, 0.717) is 22.7 Å². The fourth-order valence-corrected chi connectivity index (χ4v) is 2.69. The minimum absolute atomic E-state index is 0.00171. The summed E-state index contributed by atoms with van der Waals surface area (Å²) in [5.41, 5.74) is -2.70. The Morgan fingerprint density at radius 3 is 1.86 bits per heavy atom. The van der Waals surface area contributed by atoms with Crippen molar-refractivity contribution in [3.8, 4) is 10.6 Å². The van der Waals surface area contributed by atoms with Crippen molar-refractivity contribution in [2.45, 2.75) is 25.9 Å². The summed E-state index contributed by atoms with van der Waals surface area (Å²) in [6.45, 7) is 1.14. The molecule has 1 aromatic carbocycles. The van der Waals surface area contributed by atoms with E-state index < -0.39 is 23.5 Å². The second kappa shape index (κ2) is 5.54. The molecule has 2 aromatic rings. The van der Waals surface area contributed by atoms with Crippen LogP contribution in [0.1, 0.15) is 21.7 Å². The molecule has 0 aliphatic carbocycles. The first kappa shape index (κ1) is 16.8. The minimum atomic E-state index is -4.90. The predicted octanol–water partition coefficient (Wildman–Crippen LogP) is 4.65. The van der Waals surface area contributed by atoms with Crippen molar-refractivity contribution >= 4 is 11.3 Å². The molecule has 0 aliphatic rings. The molecule has 22 heavy (non-hydrogen) atoms. The van der Waals surface area contributed by atoms with Crippen molar-refractivity contribution < 1.29 is 31.4 Å². The number of benzene rings is 1. The van der Waals surface area contributed by atoms with Crippen molar-refractivity contribution in [1.82, 2.24) is 4.98 Å². The lowest BCUT2D eigenvalue weighted by molar-refractivity contribution is -0.143. The Kier molecular flexibility index (Phi) is 4.22. The molecular formula is C13H9F6NOS. The second-order valence-electron chi connectivity index (χ2n) is 4.48. The fraction of sp³-hybridized carbons (Fsp3) is 0.308. The summed E-state index contributed by atoms with van der Waals surface area (Å²) in [5, 5.41) is 9.06. The first-order chi connectivity index (χ1) is 10.0. The highest BCUT2D eigenvalue weighted by atomic mass is 32.1. The number of aryl methyl sites for hydroxylation is 1. The summed E-state index contributed by atoms with van der Waals surface area (Å²) in [6, 6.07) is 1.31. The van der Waals surface area contributed by atoms with E-state index in [1.165, 1.54) is 6.92 Å². The largest absolute Gasteiger partial charge is 0.416 e. The van der Waals surface area contributed by atoms with E-state index in [2.05, 4.69) is 4.98 Å². The van der Waals surface area contributed by atoms with Crippen LogP contribution in [0.25, 0.3) is 10.6 Å². The molecule has 1 N–H and O–H groups in total. The Morgan fingerprint density at radius 1 is 1.00 bits per heavy atom. The zero-order valence-corrected chi connectivity index (χ0v) is 11.8. The molecule has 120 valence electrons. The van der Waals surface area contributed by atoms with Crippen molar-refractivity contribution in [2.24, 2.45) is 0 Å². The monoisotopic (exact) mass is 341 g/mol. The van der Waals surface area contributed by atoms with Gasteiger partial charge in [0, 0.05) is 5.56 Å². The van der Waals surface area contributed by atoms with Gasteiger partial charge in [0.25, 0.3) is 0 Å². The molecule has 1 heterocycles. The van der Waals surface area contributed by atoms with Gasteiger partial charge in [0.05, 0.1) is 28.3 Å². The summed E-state index contributed by atoms with van der Waals surface area (Å²) in [4.78, 5) is 4.31. The van der Waals surface area contributed by atoms with Gasteiger partial charge in [-0.05, 0) is 25.1 Å². The van der Waals surface area contributed by atoms with Gasteiger partial charge in [-0.15, -0.1) is 11.3 Å². The summed E-state index contributed by atoms with van der Waals surface area (Å²) >= 11 is 0.855. The van der Waals surface area contributed by atoms with Crippen LogP contribution in [0, 0.1) is 6.92 Å². The molecule has 0 aliphatic heterocycles.